The molecule has 2 heterocycles. The van der Waals surface area contributed by atoms with Crippen molar-refractivity contribution in [2.75, 3.05) is 13.2 Å². The minimum atomic E-state index is -0.286. The van der Waals surface area contributed by atoms with Crippen molar-refractivity contribution < 1.29 is 9.53 Å². The van der Waals surface area contributed by atoms with Crippen molar-refractivity contribution >= 4 is 5.91 Å². The summed E-state index contributed by atoms with van der Waals surface area (Å²) in [6, 6.07) is 7.73. The topological polar surface area (TPSA) is 68.2 Å². The summed E-state index contributed by atoms with van der Waals surface area (Å²) in [6.45, 7) is 3.76. The van der Waals surface area contributed by atoms with Gasteiger partial charge in [0, 0.05) is 31.2 Å². The van der Waals surface area contributed by atoms with Crippen molar-refractivity contribution in [3.63, 3.8) is 0 Å². The van der Waals surface area contributed by atoms with Gasteiger partial charge in [0.15, 0.2) is 0 Å². The van der Waals surface area contributed by atoms with Crippen molar-refractivity contribution in [1.82, 2.24) is 20.2 Å². The molecule has 6 heteroatoms. The molecule has 2 atom stereocenters. The zero-order chi connectivity index (χ0) is 15.4. The largest absolute Gasteiger partial charge is 0.375 e. The van der Waals surface area contributed by atoms with Gasteiger partial charge >= 0.3 is 0 Å². The van der Waals surface area contributed by atoms with Crippen LogP contribution in [0.4, 0.5) is 0 Å². The van der Waals surface area contributed by atoms with Crippen LogP contribution in [0.3, 0.4) is 0 Å². The highest BCUT2D eigenvalue weighted by atomic mass is 16.5. The highest BCUT2D eigenvalue weighted by Crippen LogP contribution is 2.10. The van der Waals surface area contributed by atoms with Gasteiger partial charge in [-0.05, 0) is 24.6 Å². The summed E-state index contributed by atoms with van der Waals surface area (Å²) in [4.78, 5) is 16.3. The smallest absolute Gasteiger partial charge is 0.240 e. The predicted molar refractivity (Wildman–Crippen MR) is 82.6 cm³/mol. The molecule has 1 amide bonds. The number of hydrogen-bond donors (Lipinski definition) is 2. The molecular weight excluding hydrogens is 280 g/mol. The third-order valence-electron chi connectivity index (χ3n) is 3.78. The number of benzene rings is 1. The SMILES string of the molecule is C[C@H]1OCCN[C@@H]1C(=O)NCc1cccc(-n2ccnc2)c1. The van der Waals surface area contributed by atoms with E-state index in [0.717, 1.165) is 11.3 Å². The Labute approximate surface area is 129 Å². The molecule has 22 heavy (non-hydrogen) atoms. The molecule has 1 saturated heterocycles. The summed E-state index contributed by atoms with van der Waals surface area (Å²) in [5, 5.41) is 6.15. The third kappa shape index (κ3) is 3.35. The number of nitrogens with one attached hydrogen (secondary N) is 2. The van der Waals surface area contributed by atoms with E-state index in [1.54, 1.807) is 12.5 Å². The fraction of sp³-hybridized carbons (Fsp3) is 0.375. The standard InChI is InChI=1S/C16H20N4O2/c1-12-15(18-6-8-22-12)16(21)19-10-13-3-2-4-14(9-13)20-7-5-17-11-20/h2-5,7,9,11-12,15,18H,6,8,10H2,1H3,(H,19,21)/t12-,15+/m1/s1. The van der Waals surface area contributed by atoms with Gasteiger partial charge in [-0.2, -0.15) is 0 Å². The van der Waals surface area contributed by atoms with Crippen LogP contribution in [0.1, 0.15) is 12.5 Å². The second kappa shape index (κ2) is 6.72. The Morgan fingerprint density at radius 1 is 1.55 bits per heavy atom. The minimum Gasteiger partial charge on any atom is -0.375 e. The Balaban J connectivity index is 1.61. The van der Waals surface area contributed by atoms with E-state index in [2.05, 4.69) is 15.6 Å². The lowest BCUT2D eigenvalue weighted by Crippen LogP contribution is -2.55. The second-order valence-electron chi connectivity index (χ2n) is 5.37. The van der Waals surface area contributed by atoms with Gasteiger partial charge in [-0.25, -0.2) is 4.98 Å². The summed E-state index contributed by atoms with van der Waals surface area (Å²) in [5.41, 5.74) is 2.07. The first-order chi connectivity index (χ1) is 10.7. The highest BCUT2D eigenvalue weighted by Gasteiger charge is 2.27. The number of nitrogens with zero attached hydrogens (tertiary/aromatic N) is 2. The molecule has 1 aliphatic rings. The van der Waals surface area contributed by atoms with Gasteiger partial charge in [0.2, 0.25) is 5.91 Å². The van der Waals surface area contributed by atoms with Crippen molar-refractivity contribution in [3.8, 4) is 5.69 Å². The van der Waals surface area contributed by atoms with Crippen molar-refractivity contribution in [3.05, 3.63) is 48.5 Å². The lowest BCUT2D eigenvalue weighted by atomic mass is 10.1. The van der Waals surface area contributed by atoms with Crippen LogP contribution in [0.15, 0.2) is 43.0 Å². The fourth-order valence-corrected chi connectivity index (χ4v) is 2.57. The third-order valence-corrected chi connectivity index (χ3v) is 3.78. The number of carbonyl (C=O) groups excluding carboxylic acids is 1. The van der Waals surface area contributed by atoms with Gasteiger partial charge in [0.1, 0.15) is 6.04 Å². The Kier molecular flexibility index (Phi) is 4.50. The number of ether oxygens (including phenoxy) is 1. The molecule has 2 N–H and O–H groups in total. The first-order valence-electron chi connectivity index (χ1n) is 7.44. The lowest BCUT2D eigenvalue weighted by molar-refractivity contribution is -0.129. The normalized spacial score (nSPS) is 21.5. The van der Waals surface area contributed by atoms with E-state index in [4.69, 9.17) is 4.74 Å². The zero-order valence-corrected chi connectivity index (χ0v) is 12.5. The molecule has 0 radical (unpaired) electrons. The molecule has 1 aliphatic heterocycles. The van der Waals surface area contributed by atoms with E-state index in [1.807, 2.05) is 42.0 Å². The second-order valence-corrected chi connectivity index (χ2v) is 5.37. The number of amides is 1. The van der Waals surface area contributed by atoms with Crippen molar-refractivity contribution in [2.45, 2.75) is 25.6 Å². The maximum atomic E-state index is 12.2. The summed E-state index contributed by atoms with van der Waals surface area (Å²) in [7, 11) is 0. The molecule has 0 aliphatic carbocycles. The molecule has 2 aromatic rings. The molecule has 1 fully saturated rings. The highest BCUT2D eigenvalue weighted by molar-refractivity contribution is 5.82. The molecule has 116 valence electrons. The lowest BCUT2D eigenvalue weighted by Gasteiger charge is -2.29. The number of rotatable bonds is 4. The maximum absolute atomic E-state index is 12.2. The van der Waals surface area contributed by atoms with Crippen LogP contribution in [0.25, 0.3) is 5.69 Å². The Morgan fingerprint density at radius 3 is 3.23 bits per heavy atom. The van der Waals surface area contributed by atoms with Crippen LogP contribution in [0.5, 0.6) is 0 Å². The van der Waals surface area contributed by atoms with E-state index in [-0.39, 0.29) is 18.1 Å². The molecule has 6 nitrogen and oxygen atoms in total. The van der Waals surface area contributed by atoms with Gasteiger partial charge < -0.3 is 19.9 Å². The molecule has 3 rings (SSSR count). The van der Waals surface area contributed by atoms with Crippen molar-refractivity contribution in [1.29, 1.82) is 0 Å². The van der Waals surface area contributed by atoms with Crippen LogP contribution in [0.2, 0.25) is 0 Å². The summed E-state index contributed by atoms with van der Waals surface area (Å²) in [5.74, 6) is -0.0276. The number of carbonyl (C=O) groups is 1. The first kappa shape index (κ1) is 14.7. The average molecular weight is 300 g/mol. The van der Waals surface area contributed by atoms with Crippen LogP contribution < -0.4 is 10.6 Å². The van der Waals surface area contributed by atoms with E-state index in [1.165, 1.54) is 0 Å². The van der Waals surface area contributed by atoms with Gasteiger partial charge in [-0.3, -0.25) is 4.79 Å². The van der Waals surface area contributed by atoms with E-state index < -0.39 is 0 Å². The Bertz CT molecular complexity index is 627. The first-order valence-corrected chi connectivity index (χ1v) is 7.44. The van der Waals surface area contributed by atoms with E-state index in [0.29, 0.717) is 19.7 Å². The summed E-state index contributed by atoms with van der Waals surface area (Å²) >= 11 is 0. The van der Waals surface area contributed by atoms with Crippen LogP contribution in [-0.2, 0) is 16.1 Å². The quantitative estimate of drug-likeness (QED) is 0.879. The monoisotopic (exact) mass is 300 g/mol. The Morgan fingerprint density at radius 2 is 2.45 bits per heavy atom. The van der Waals surface area contributed by atoms with Gasteiger partial charge in [0.05, 0.1) is 19.0 Å². The summed E-state index contributed by atoms with van der Waals surface area (Å²) < 4.78 is 7.43. The maximum Gasteiger partial charge on any atom is 0.240 e. The van der Waals surface area contributed by atoms with Gasteiger partial charge in [-0.1, -0.05) is 12.1 Å². The van der Waals surface area contributed by atoms with Crippen molar-refractivity contribution in [2.24, 2.45) is 0 Å². The molecule has 0 saturated carbocycles. The zero-order valence-electron chi connectivity index (χ0n) is 12.5. The summed E-state index contributed by atoms with van der Waals surface area (Å²) in [6.07, 6.45) is 5.28. The number of imidazole rings is 1. The van der Waals surface area contributed by atoms with Crippen LogP contribution in [0, 0.1) is 0 Å². The average Bonchev–Trinajstić information content (AvgIpc) is 3.08. The predicted octanol–water partition coefficient (Wildman–Crippen LogP) is 0.865. The fourth-order valence-electron chi connectivity index (χ4n) is 2.57. The Hall–Kier alpha value is -2.18. The number of morpholine rings is 1. The number of aromatic nitrogens is 2. The molecule has 1 aromatic heterocycles. The minimum absolute atomic E-state index is 0.0276. The molecule has 0 spiro atoms. The molecular formula is C16H20N4O2. The molecule has 1 aromatic carbocycles. The van der Waals surface area contributed by atoms with Gasteiger partial charge in [0.25, 0.3) is 0 Å². The molecule has 0 unspecified atom stereocenters. The van der Waals surface area contributed by atoms with E-state index in [9.17, 15) is 4.79 Å². The van der Waals surface area contributed by atoms with E-state index >= 15 is 0 Å². The van der Waals surface area contributed by atoms with Crippen LogP contribution in [-0.4, -0.2) is 40.8 Å². The molecule has 0 bridgehead atoms. The van der Waals surface area contributed by atoms with Crippen LogP contribution >= 0.6 is 0 Å². The van der Waals surface area contributed by atoms with Gasteiger partial charge in [-0.15, -0.1) is 0 Å². The number of hydrogen-bond acceptors (Lipinski definition) is 4.